The minimum Gasteiger partial charge on any atom is -0.496 e. The van der Waals surface area contributed by atoms with Crippen LogP contribution >= 0.6 is 0 Å². The summed E-state index contributed by atoms with van der Waals surface area (Å²) >= 11 is 0. The summed E-state index contributed by atoms with van der Waals surface area (Å²) in [5.41, 5.74) is 2.41. The average Bonchev–Trinajstić information content (AvgIpc) is 2.81. The maximum absolute atomic E-state index is 11.7. The van der Waals surface area contributed by atoms with Crippen LogP contribution in [0.1, 0.15) is 11.1 Å². The number of anilines is 1. The number of benzene rings is 3. The van der Waals surface area contributed by atoms with Gasteiger partial charge in [0.25, 0.3) is 0 Å². The molecule has 0 aliphatic heterocycles. The topological polar surface area (TPSA) is 95.1 Å². The molecule has 0 saturated carbocycles. The highest BCUT2D eigenvalue weighted by atomic mass is 32.2. The van der Waals surface area contributed by atoms with Crippen LogP contribution in [-0.2, 0) is 22.3 Å². The molecule has 0 aliphatic carbocycles. The molecule has 0 saturated heterocycles. The van der Waals surface area contributed by atoms with Gasteiger partial charge in [-0.3, -0.25) is 0 Å². The molecule has 3 aromatic rings. The number of sulfonamides is 1. The molecule has 0 radical (unpaired) electrons. The Hall–Kier alpha value is -3.17. The molecular formula is C23H28N2O6S. The van der Waals surface area contributed by atoms with Crippen molar-refractivity contribution in [3.05, 3.63) is 53.6 Å². The molecule has 8 nitrogen and oxygen atoms in total. The maximum atomic E-state index is 11.7. The largest absolute Gasteiger partial charge is 0.496 e. The first-order chi connectivity index (χ1) is 15.4. The molecule has 0 amide bonds. The lowest BCUT2D eigenvalue weighted by atomic mass is 10.0. The van der Waals surface area contributed by atoms with E-state index in [-0.39, 0.29) is 5.75 Å². The van der Waals surface area contributed by atoms with E-state index in [4.69, 9.17) is 18.9 Å². The Morgan fingerprint density at radius 3 is 1.91 bits per heavy atom. The lowest BCUT2D eigenvalue weighted by Gasteiger charge is -2.19. The van der Waals surface area contributed by atoms with E-state index in [1.54, 1.807) is 40.6 Å². The molecule has 0 unspecified atom stereocenters. The second-order valence-corrected chi connectivity index (χ2v) is 8.93. The van der Waals surface area contributed by atoms with Crippen molar-refractivity contribution in [2.75, 3.05) is 40.8 Å². The minimum absolute atomic E-state index is 0.0683. The van der Waals surface area contributed by atoms with E-state index in [1.165, 1.54) is 7.05 Å². The summed E-state index contributed by atoms with van der Waals surface area (Å²) in [5.74, 6) is 2.53. The predicted molar refractivity (Wildman–Crippen MR) is 126 cm³/mol. The van der Waals surface area contributed by atoms with E-state index in [0.29, 0.717) is 35.1 Å². The molecule has 0 aliphatic rings. The van der Waals surface area contributed by atoms with Crippen LogP contribution in [0, 0.1) is 0 Å². The third-order valence-corrected chi connectivity index (χ3v) is 6.50. The molecule has 0 heterocycles. The fraction of sp³-hybridized carbons (Fsp3) is 0.304. The van der Waals surface area contributed by atoms with Crippen LogP contribution in [0.3, 0.4) is 0 Å². The lowest BCUT2D eigenvalue weighted by Crippen LogP contribution is -2.20. The van der Waals surface area contributed by atoms with Gasteiger partial charge in [0, 0.05) is 17.8 Å². The van der Waals surface area contributed by atoms with Gasteiger partial charge in [0.2, 0.25) is 10.0 Å². The van der Waals surface area contributed by atoms with Crippen LogP contribution in [0.5, 0.6) is 23.0 Å². The number of hydrogen-bond donors (Lipinski definition) is 2. The molecule has 2 N–H and O–H groups in total. The zero-order valence-corrected chi connectivity index (χ0v) is 19.6. The van der Waals surface area contributed by atoms with Crippen molar-refractivity contribution in [2.24, 2.45) is 0 Å². The lowest BCUT2D eigenvalue weighted by molar-refractivity contribution is 0.390. The minimum atomic E-state index is -3.31. The summed E-state index contributed by atoms with van der Waals surface area (Å²) in [5, 5.41) is 4.88. The number of methoxy groups -OCH3 is 4. The third-order valence-electron chi connectivity index (χ3n) is 5.17. The first-order valence-electron chi connectivity index (χ1n) is 9.90. The summed E-state index contributed by atoms with van der Waals surface area (Å²) in [6.45, 7) is 0.448. The molecule has 0 bridgehead atoms. The second-order valence-electron chi connectivity index (χ2n) is 7.00. The predicted octanol–water partition coefficient (Wildman–Crippen LogP) is 3.54. The molecule has 3 aromatic carbocycles. The standard InChI is InChI=1S/C23H28N2O6S/c1-24-32(26,27)14-15-6-8-17(9-7-15)25-13-16-12-20(30-4)21-18(28-2)10-11-19(29-3)22(21)23(16)31-5/h6-12,24-25H,13-14H2,1-5H3. The van der Waals surface area contributed by atoms with Crippen LogP contribution < -0.4 is 29.0 Å². The number of rotatable bonds is 10. The maximum Gasteiger partial charge on any atom is 0.215 e. The summed E-state index contributed by atoms with van der Waals surface area (Å²) < 4.78 is 48.3. The first-order valence-corrected chi connectivity index (χ1v) is 11.5. The third kappa shape index (κ3) is 4.84. The van der Waals surface area contributed by atoms with Crippen LogP contribution in [0.4, 0.5) is 5.69 Å². The number of ether oxygens (including phenoxy) is 4. The highest BCUT2D eigenvalue weighted by molar-refractivity contribution is 7.88. The van der Waals surface area contributed by atoms with Gasteiger partial charge >= 0.3 is 0 Å². The number of hydrogen-bond acceptors (Lipinski definition) is 7. The second kappa shape index (κ2) is 9.97. The van der Waals surface area contributed by atoms with Gasteiger partial charge < -0.3 is 24.3 Å². The van der Waals surface area contributed by atoms with E-state index in [9.17, 15) is 8.42 Å². The fourth-order valence-electron chi connectivity index (χ4n) is 3.56. The molecule has 0 aromatic heterocycles. The van der Waals surface area contributed by atoms with Crippen molar-refractivity contribution in [3.8, 4) is 23.0 Å². The number of nitrogens with one attached hydrogen (secondary N) is 2. The highest BCUT2D eigenvalue weighted by Gasteiger charge is 2.20. The van der Waals surface area contributed by atoms with Gasteiger partial charge in [0.05, 0.1) is 45.0 Å². The van der Waals surface area contributed by atoms with Gasteiger partial charge in [-0.05, 0) is 42.9 Å². The van der Waals surface area contributed by atoms with Crippen molar-refractivity contribution in [1.82, 2.24) is 4.72 Å². The van der Waals surface area contributed by atoms with Gasteiger partial charge in [-0.25, -0.2) is 13.1 Å². The Balaban J connectivity index is 1.95. The van der Waals surface area contributed by atoms with Crippen molar-refractivity contribution >= 4 is 26.5 Å². The van der Waals surface area contributed by atoms with Gasteiger partial charge in [-0.1, -0.05) is 12.1 Å². The first kappa shape index (κ1) is 23.5. The van der Waals surface area contributed by atoms with Gasteiger partial charge in [0.15, 0.2) is 0 Å². The van der Waals surface area contributed by atoms with E-state index in [0.717, 1.165) is 22.0 Å². The van der Waals surface area contributed by atoms with Crippen LogP contribution in [0.15, 0.2) is 42.5 Å². The molecule has 0 atom stereocenters. The van der Waals surface area contributed by atoms with E-state index < -0.39 is 10.0 Å². The van der Waals surface area contributed by atoms with Gasteiger partial charge in [-0.15, -0.1) is 0 Å². The molecule has 9 heteroatoms. The smallest absolute Gasteiger partial charge is 0.215 e. The van der Waals surface area contributed by atoms with Crippen molar-refractivity contribution in [2.45, 2.75) is 12.3 Å². The quantitative estimate of drug-likeness (QED) is 0.478. The Labute approximate surface area is 188 Å². The van der Waals surface area contributed by atoms with Crippen LogP contribution in [0.2, 0.25) is 0 Å². The van der Waals surface area contributed by atoms with Gasteiger partial charge in [0.1, 0.15) is 23.0 Å². The van der Waals surface area contributed by atoms with Gasteiger partial charge in [-0.2, -0.15) is 0 Å². The SMILES string of the molecule is CNS(=O)(=O)Cc1ccc(NCc2cc(OC)c3c(OC)ccc(OC)c3c2OC)cc1. The van der Waals surface area contributed by atoms with Crippen molar-refractivity contribution in [1.29, 1.82) is 0 Å². The highest BCUT2D eigenvalue weighted by Crippen LogP contribution is 2.46. The Morgan fingerprint density at radius 1 is 0.781 bits per heavy atom. The molecule has 3 rings (SSSR count). The zero-order valence-electron chi connectivity index (χ0n) is 18.8. The molecular weight excluding hydrogens is 432 g/mol. The van der Waals surface area contributed by atoms with Crippen LogP contribution in [0.25, 0.3) is 10.8 Å². The number of fused-ring (bicyclic) bond motifs is 1. The van der Waals surface area contributed by atoms with E-state index in [2.05, 4.69) is 10.0 Å². The molecule has 172 valence electrons. The average molecular weight is 461 g/mol. The van der Waals surface area contributed by atoms with E-state index >= 15 is 0 Å². The van der Waals surface area contributed by atoms with Crippen LogP contribution in [-0.4, -0.2) is 43.9 Å². The van der Waals surface area contributed by atoms with Crippen molar-refractivity contribution < 1.29 is 27.4 Å². The summed E-state index contributed by atoms with van der Waals surface area (Å²) in [4.78, 5) is 0. The summed E-state index contributed by atoms with van der Waals surface area (Å²) in [7, 11) is 4.52. The Bertz CT molecular complexity index is 1190. The normalized spacial score (nSPS) is 11.3. The monoisotopic (exact) mass is 460 g/mol. The summed E-state index contributed by atoms with van der Waals surface area (Å²) in [6.07, 6.45) is 0. The van der Waals surface area contributed by atoms with Crippen molar-refractivity contribution in [3.63, 3.8) is 0 Å². The molecule has 0 fully saturated rings. The molecule has 32 heavy (non-hydrogen) atoms. The zero-order chi connectivity index (χ0) is 23.3. The van der Waals surface area contributed by atoms with E-state index in [1.807, 2.05) is 30.3 Å². The Morgan fingerprint density at radius 2 is 1.38 bits per heavy atom. The fourth-order valence-corrected chi connectivity index (χ4v) is 4.34. The molecule has 0 spiro atoms. The summed E-state index contributed by atoms with van der Waals surface area (Å²) in [6, 6.07) is 12.8. The Kier molecular flexibility index (Phi) is 7.32.